The maximum absolute atomic E-state index is 11.7. The van der Waals surface area contributed by atoms with E-state index < -0.39 is 0 Å². The van der Waals surface area contributed by atoms with Gasteiger partial charge in [-0.1, -0.05) is 35.3 Å². The van der Waals surface area contributed by atoms with Crippen LogP contribution in [0.25, 0.3) is 0 Å². The summed E-state index contributed by atoms with van der Waals surface area (Å²) in [5.41, 5.74) is 5.20. The first-order valence-corrected chi connectivity index (χ1v) is 7.67. The lowest BCUT2D eigenvalue weighted by Gasteiger charge is -2.07. The van der Waals surface area contributed by atoms with Gasteiger partial charge in [-0.3, -0.25) is 4.79 Å². The van der Waals surface area contributed by atoms with E-state index in [0.717, 1.165) is 11.1 Å². The Morgan fingerprint density at radius 3 is 2.52 bits per heavy atom. The first kappa shape index (κ1) is 17.3. The fourth-order valence-corrected chi connectivity index (χ4v) is 2.43. The van der Waals surface area contributed by atoms with Crippen molar-refractivity contribution >= 4 is 35.3 Å². The van der Waals surface area contributed by atoms with Crippen LogP contribution >= 0.6 is 23.2 Å². The standard InChI is InChI=1S/C17H16Cl2N2O2/c1-11-5-12(2)7-15(6-11)23-10-17(22)21-20-9-13-3-4-14(18)8-16(13)19/h3-9H,10H2,1-2H3,(H,21,22)/b20-9+. The summed E-state index contributed by atoms with van der Waals surface area (Å²) >= 11 is 11.8. The number of hydrazone groups is 1. The van der Waals surface area contributed by atoms with Crippen molar-refractivity contribution in [1.29, 1.82) is 0 Å². The molecule has 120 valence electrons. The molecule has 0 spiro atoms. The van der Waals surface area contributed by atoms with Crippen molar-refractivity contribution in [2.75, 3.05) is 6.61 Å². The SMILES string of the molecule is Cc1cc(C)cc(OCC(=O)N/N=C/c2ccc(Cl)cc2Cl)c1. The van der Waals surface area contributed by atoms with E-state index in [2.05, 4.69) is 10.5 Å². The molecule has 1 N–H and O–H groups in total. The molecule has 0 saturated heterocycles. The molecule has 4 nitrogen and oxygen atoms in total. The van der Waals surface area contributed by atoms with Crippen molar-refractivity contribution in [1.82, 2.24) is 5.43 Å². The second-order valence-electron chi connectivity index (χ2n) is 5.07. The largest absolute Gasteiger partial charge is 0.484 e. The lowest BCUT2D eigenvalue weighted by Crippen LogP contribution is -2.24. The monoisotopic (exact) mass is 350 g/mol. The minimum absolute atomic E-state index is 0.116. The number of carbonyl (C=O) groups is 1. The van der Waals surface area contributed by atoms with Gasteiger partial charge >= 0.3 is 0 Å². The molecule has 0 aromatic heterocycles. The molecule has 2 aromatic rings. The van der Waals surface area contributed by atoms with Crippen molar-refractivity contribution in [3.63, 3.8) is 0 Å². The highest BCUT2D eigenvalue weighted by molar-refractivity contribution is 6.36. The van der Waals surface area contributed by atoms with E-state index in [1.807, 2.05) is 32.0 Å². The normalized spacial score (nSPS) is 10.8. The Hall–Kier alpha value is -2.04. The summed E-state index contributed by atoms with van der Waals surface area (Å²) < 4.78 is 5.44. The fraction of sp³-hybridized carbons (Fsp3) is 0.176. The molecular weight excluding hydrogens is 335 g/mol. The second-order valence-corrected chi connectivity index (χ2v) is 5.91. The number of hydrogen-bond donors (Lipinski definition) is 1. The number of carbonyl (C=O) groups excluding carboxylic acids is 1. The molecule has 0 bridgehead atoms. The number of rotatable bonds is 5. The topological polar surface area (TPSA) is 50.7 Å². The van der Waals surface area contributed by atoms with Crippen LogP contribution in [0.3, 0.4) is 0 Å². The third kappa shape index (κ3) is 5.58. The Labute approximate surface area is 145 Å². The van der Waals surface area contributed by atoms with Crippen molar-refractivity contribution in [2.24, 2.45) is 5.10 Å². The summed E-state index contributed by atoms with van der Waals surface area (Å²) in [6.45, 7) is 3.83. The van der Waals surface area contributed by atoms with E-state index in [1.165, 1.54) is 6.21 Å². The zero-order chi connectivity index (χ0) is 16.8. The number of nitrogens with one attached hydrogen (secondary N) is 1. The maximum Gasteiger partial charge on any atom is 0.277 e. The predicted octanol–water partition coefficient (Wildman–Crippen LogP) is 4.14. The van der Waals surface area contributed by atoms with Crippen molar-refractivity contribution in [2.45, 2.75) is 13.8 Å². The summed E-state index contributed by atoms with van der Waals surface area (Å²) in [7, 11) is 0. The van der Waals surface area contributed by atoms with Gasteiger partial charge in [-0.15, -0.1) is 0 Å². The van der Waals surface area contributed by atoms with E-state index >= 15 is 0 Å². The number of halogens is 2. The number of aryl methyl sites for hydroxylation is 2. The van der Waals surface area contributed by atoms with E-state index in [4.69, 9.17) is 27.9 Å². The highest BCUT2D eigenvalue weighted by Gasteiger charge is 2.03. The van der Waals surface area contributed by atoms with Crippen LogP contribution in [0.4, 0.5) is 0 Å². The Bertz CT molecular complexity index is 725. The molecule has 0 atom stereocenters. The maximum atomic E-state index is 11.7. The van der Waals surface area contributed by atoms with E-state index in [0.29, 0.717) is 21.4 Å². The van der Waals surface area contributed by atoms with Crippen molar-refractivity contribution in [3.8, 4) is 5.75 Å². The molecule has 23 heavy (non-hydrogen) atoms. The van der Waals surface area contributed by atoms with Crippen molar-refractivity contribution < 1.29 is 9.53 Å². The predicted molar refractivity (Wildman–Crippen MR) is 93.6 cm³/mol. The van der Waals surface area contributed by atoms with Gasteiger partial charge in [0.2, 0.25) is 0 Å². The van der Waals surface area contributed by atoms with Crippen LogP contribution in [0.1, 0.15) is 16.7 Å². The molecule has 0 radical (unpaired) electrons. The van der Waals surface area contributed by atoms with Gasteiger partial charge in [-0.25, -0.2) is 5.43 Å². The van der Waals surface area contributed by atoms with E-state index in [9.17, 15) is 4.79 Å². The number of amides is 1. The molecule has 0 fully saturated rings. The van der Waals surface area contributed by atoms with E-state index in [1.54, 1.807) is 18.2 Å². The molecule has 0 aliphatic carbocycles. The van der Waals surface area contributed by atoms with Gasteiger partial charge < -0.3 is 4.74 Å². The Balaban J connectivity index is 1.86. The first-order valence-electron chi connectivity index (χ1n) is 6.92. The molecule has 0 heterocycles. The number of benzene rings is 2. The van der Waals surface area contributed by atoms with E-state index in [-0.39, 0.29) is 12.5 Å². The third-order valence-electron chi connectivity index (χ3n) is 2.92. The Morgan fingerprint density at radius 2 is 1.87 bits per heavy atom. The number of nitrogens with zero attached hydrogens (tertiary/aromatic N) is 1. The molecule has 2 rings (SSSR count). The lowest BCUT2D eigenvalue weighted by molar-refractivity contribution is -0.123. The summed E-state index contributed by atoms with van der Waals surface area (Å²) in [5, 5.41) is 4.85. The van der Waals surface area contributed by atoms with Crippen LogP contribution in [-0.2, 0) is 4.79 Å². The highest BCUT2D eigenvalue weighted by Crippen LogP contribution is 2.19. The van der Waals surface area contributed by atoms with Gasteiger partial charge in [0, 0.05) is 10.6 Å². The minimum atomic E-state index is -0.356. The zero-order valence-corrected chi connectivity index (χ0v) is 14.3. The summed E-state index contributed by atoms with van der Waals surface area (Å²) in [4.78, 5) is 11.7. The molecular formula is C17H16Cl2N2O2. The molecule has 0 unspecified atom stereocenters. The average Bonchev–Trinajstić information content (AvgIpc) is 2.46. The van der Waals surface area contributed by atoms with Crippen molar-refractivity contribution in [3.05, 3.63) is 63.1 Å². The van der Waals surface area contributed by atoms with Gasteiger partial charge in [0.25, 0.3) is 5.91 Å². The van der Waals surface area contributed by atoms with Crippen LogP contribution in [0.2, 0.25) is 10.0 Å². The quantitative estimate of drug-likeness (QED) is 0.650. The van der Waals surface area contributed by atoms with Crippen LogP contribution in [0, 0.1) is 13.8 Å². The van der Waals surface area contributed by atoms with Gasteiger partial charge in [-0.05, 0) is 49.2 Å². The van der Waals surface area contributed by atoms with Crippen LogP contribution in [-0.4, -0.2) is 18.7 Å². The summed E-state index contributed by atoms with van der Waals surface area (Å²) in [6.07, 6.45) is 1.45. The van der Waals surface area contributed by atoms with Gasteiger partial charge in [-0.2, -0.15) is 5.10 Å². The summed E-state index contributed by atoms with van der Waals surface area (Å²) in [5.74, 6) is 0.299. The molecule has 1 amide bonds. The zero-order valence-electron chi connectivity index (χ0n) is 12.8. The average molecular weight is 351 g/mol. The second kappa shape index (κ2) is 7.99. The van der Waals surface area contributed by atoms with Crippen LogP contribution in [0.5, 0.6) is 5.75 Å². The van der Waals surface area contributed by atoms with Crippen LogP contribution in [0.15, 0.2) is 41.5 Å². The van der Waals surface area contributed by atoms with Gasteiger partial charge in [0.1, 0.15) is 5.75 Å². The number of ether oxygens (including phenoxy) is 1. The molecule has 0 aliphatic rings. The third-order valence-corrected chi connectivity index (χ3v) is 3.48. The summed E-state index contributed by atoms with van der Waals surface area (Å²) in [6, 6.07) is 10.8. The highest BCUT2D eigenvalue weighted by atomic mass is 35.5. The lowest BCUT2D eigenvalue weighted by atomic mass is 10.1. The van der Waals surface area contributed by atoms with Gasteiger partial charge in [0.15, 0.2) is 6.61 Å². The molecule has 0 saturated carbocycles. The Kier molecular flexibility index (Phi) is 6.02. The Morgan fingerprint density at radius 1 is 1.17 bits per heavy atom. The smallest absolute Gasteiger partial charge is 0.277 e. The van der Waals surface area contributed by atoms with Gasteiger partial charge in [0.05, 0.1) is 11.2 Å². The molecule has 6 heteroatoms. The fourth-order valence-electron chi connectivity index (χ4n) is 1.98. The number of hydrogen-bond acceptors (Lipinski definition) is 3. The van der Waals surface area contributed by atoms with Crippen LogP contribution < -0.4 is 10.2 Å². The molecule has 0 aliphatic heterocycles. The molecule has 2 aromatic carbocycles. The minimum Gasteiger partial charge on any atom is -0.484 e. The first-order chi connectivity index (χ1) is 10.9.